The average Bonchev–Trinajstić information content (AvgIpc) is 2.83. The minimum atomic E-state index is -0.252. The number of methoxy groups -OCH3 is 1. The number of rotatable bonds is 9. The summed E-state index contributed by atoms with van der Waals surface area (Å²) in [6, 6.07) is 11.3. The van der Waals surface area contributed by atoms with Gasteiger partial charge in [0.2, 0.25) is 5.91 Å². The molecule has 1 unspecified atom stereocenters. The van der Waals surface area contributed by atoms with E-state index in [0.717, 1.165) is 51.2 Å². The molecule has 202 valence electrons. The predicted molar refractivity (Wildman–Crippen MR) is 155 cm³/mol. The maximum absolute atomic E-state index is 12.9. The van der Waals surface area contributed by atoms with Crippen LogP contribution in [0.4, 0.5) is 0 Å². The zero-order valence-electron chi connectivity index (χ0n) is 24.7. The van der Waals surface area contributed by atoms with Gasteiger partial charge in [0.25, 0.3) is 0 Å². The monoisotopic (exact) mass is 504 g/mol. The number of likely N-dealkylation sites (tertiary alicyclic amines) is 1. The van der Waals surface area contributed by atoms with E-state index >= 15 is 0 Å². The fourth-order valence-electron chi connectivity index (χ4n) is 6.63. The Kier molecular flexibility index (Phi) is 9.63. The van der Waals surface area contributed by atoms with E-state index in [1.54, 1.807) is 14.0 Å². The Hall–Kier alpha value is -2.59. The molecule has 2 aromatic carbocycles. The number of nitrogens with zero attached hydrogens (tertiary/aromatic N) is 2. The number of ether oxygens (including phenoxy) is 1. The maximum Gasteiger partial charge on any atom is 0.220 e. The number of carbonyl (C=O) groups is 1. The van der Waals surface area contributed by atoms with E-state index in [9.17, 15) is 4.79 Å². The summed E-state index contributed by atoms with van der Waals surface area (Å²) in [4.78, 5) is 17.6. The van der Waals surface area contributed by atoms with Crippen molar-refractivity contribution in [3.63, 3.8) is 0 Å². The van der Waals surface area contributed by atoms with Gasteiger partial charge in [-0.3, -0.25) is 9.69 Å². The van der Waals surface area contributed by atoms with E-state index in [4.69, 9.17) is 4.74 Å². The molecule has 0 saturated carbocycles. The highest BCUT2D eigenvalue weighted by Crippen LogP contribution is 2.40. The largest absolute Gasteiger partial charge is 0.496 e. The van der Waals surface area contributed by atoms with Gasteiger partial charge < -0.3 is 9.64 Å². The Morgan fingerprint density at radius 3 is 2.14 bits per heavy atom. The number of amides is 1. The topological polar surface area (TPSA) is 32.8 Å². The van der Waals surface area contributed by atoms with Crippen LogP contribution in [0.15, 0.2) is 42.0 Å². The second kappa shape index (κ2) is 12.3. The Morgan fingerprint density at radius 2 is 1.62 bits per heavy atom. The summed E-state index contributed by atoms with van der Waals surface area (Å²) in [7, 11) is 1.77. The number of allylic oxidation sites excluding steroid dienone is 1. The zero-order valence-corrected chi connectivity index (χ0v) is 24.7. The Labute approximate surface area is 225 Å². The second-order valence-corrected chi connectivity index (χ2v) is 11.1. The molecule has 4 nitrogen and oxygen atoms in total. The molecule has 0 aromatic heterocycles. The highest BCUT2D eigenvalue weighted by molar-refractivity contribution is 5.75. The predicted octanol–water partition coefficient (Wildman–Crippen LogP) is 7.14. The lowest BCUT2D eigenvalue weighted by molar-refractivity contribution is -0.135. The van der Waals surface area contributed by atoms with Crippen LogP contribution in [0.3, 0.4) is 0 Å². The molecule has 4 heteroatoms. The number of hydrogen-bond acceptors (Lipinski definition) is 3. The number of carbonyl (C=O) groups excluding carboxylic acids is 1. The highest BCUT2D eigenvalue weighted by Gasteiger charge is 2.42. The van der Waals surface area contributed by atoms with Gasteiger partial charge in [-0.15, -0.1) is 0 Å². The van der Waals surface area contributed by atoms with Crippen molar-refractivity contribution in [1.29, 1.82) is 0 Å². The van der Waals surface area contributed by atoms with Gasteiger partial charge in [-0.2, -0.15) is 0 Å². The summed E-state index contributed by atoms with van der Waals surface area (Å²) in [5.41, 5.74) is 8.90. The number of piperidine rings is 1. The molecule has 1 amide bonds. The van der Waals surface area contributed by atoms with E-state index in [1.807, 2.05) is 0 Å². The van der Waals surface area contributed by atoms with Crippen LogP contribution < -0.4 is 4.74 Å². The van der Waals surface area contributed by atoms with Gasteiger partial charge in [0, 0.05) is 44.6 Å². The van der Waals surface area contributed by atoms with Crippen molar-refractivity contribution in [2.75, 3.05) is 26.7 Å². The average molecular weight is 505 g/mol. The Morgan fingerprint density at radius 1 is 1.03 bits per heavy atom. The molecule has 0 aliphatic carbocycles. The van der Waals surface area contributed by atoms with Gasteiger partial charge >= 0.3 is 0 Å². The third-order valence-corrected chi connectivity index (χ3v) is 8.25. The molecular weight excluding hydrogens is 456 g/mol. The van der Waals surface area contributed by atoms with E-state index < -0.39 is 0 Å². The third-order valence-electron chi connectivity index (χ3n) is 8.25. The van der Waals surface area contributed by atoms with Crippen molar-refractivity contribution in [2.45, 2.75) is 92.7 Å². The first-order valence-corrected chi connectivity index (χ1v) is 14.0. The summed E-state index contributed by atoms with van der Waals surface area (Å²) in [6.45, 7) is 20.7. The maximum atomic E-state index is 12.9. The zero-order chi connectivity index (χ0) is 27.3. The minimum absolute atomic E-state index is 0.160. The second-order valence-electron chi connectivity index (χ2n) is 11.1. The Bertz CT molecular complexity index is 1080. The van der Waals surface area contributed by atoms with Crippen LogP contribution in [-0.2, 0) is 17.8 Å². The molecule has 2 aromatic rings. The third kappa shape index (κ3) is 6.46. The van der Waals surface area contributed by atoms with Crippen LogP contribution in [0.5, 0.6) is 5.75 Å². The summed E-state index contributed by atoms with van der Waals surface area (Å²) < 4.78 is 5.84. The lowest BCUT2D eigenvalue weighted by Crippen LogP contribution is -2.57. The van der Waals surface area contributed by atoms with Crippen molar-refractivity contribution in [1.82, 2.24) is 9.80 Å². The molecule has 1 aliphatic rings. The molecule has 0 N–H and O–H groups in total. The number of benzene rings is 2. The fraction of sp³-hybridized carbons (Fsp3) is 0.545. The van der Waals surface area contributed by atoms with E-state index in [2.05, 4.69) is 94.7 Å². The first kappa shape index (κ1) is 29.0. The normalized spacial score (nSPS) is 16.9. The van der Waals surface area contributed by atoms with E-state index in [1.165, 1.54) is 39.0 Å². The standard InChI is InChI=1S/C33H48N2O2/c1-10-30-19-25(5)20-31(37-9)32(30)26(6)21-27(7)33(35(11-2)28(8)36)12-14-34(15-13-33)22-29-17-23(3)16-24(4)18-29/h16-21,26H,10-15,22H2,1-9H3/b27-21+. The lowest BCUT2D eigenvalue weighted by atomic mass is 9.77. The van der Waals surface area contributed by atoms with Crippen LogP contribution in [0.2, 0.25) is 0 Å². The molecule has 1 atom stereocenters. The van der Waals surface area contributed by atoms with Gasteiger partial charge in [0.1, 0.15) is 5.75 Å². The van der Waals surface area contributed by atoms with Crippen molar-refractivity contribution >= 4 is 5.91 Å². The van der Waals surface area contributed by atoms with Crippen molar-refractivity contribution in [3.8, 4) is 5.75 Å². The molecule has 0 radical (unpaired) electrons. The van der Waals surface area contributed by atoms with Crippen molar-refractivity contribution in [2.24, 2.45) is 0 Å². The van der Waals surface area contributed by atoms with Crippen LogP contribution in [-0.4, -0.2) is 48.0 Å². The molecule has 1 aliphatic heterocycles. The summed E-state index contributed by atoms with van der Waals surface area (Å²) in [5, 5.41) is 0. The molecule has 0 spiro atoms. The van der Waals surface area contributed by atoms with Gasteiger partial charge in [0.15, 0.2) is 0 Å². The summed E-state index contributed by atoms with van der Waals surface area (Å²) in [6.07, 6.45) is 5.27. The van der Waals surface area contributed by atoms with Gasteiger partial charge in [-0.05, 0) is 76.6 Å². The van der Waals surface area contributed by atoms with Gasteiger partial charge in [-0.25, -0.2) is 0 Å². The van der Waals surface area contributed by atoms with Crippen LogP contribution in [0.1, 0.15) is 86.8 Å². The van der Waals surface area contributed by atoms with Crippen LogP contribution in [0.25, 0.3) is 0 Å². The fourth-order valence-corrected chi connectivity index (χ4v) is 6.63. The molecule has 1 saturated heterocycles. The molecule has 0 bridgehead atoms. The number of likely N-dealkylation sites (N-methyl/N-ethyl adjacent to an activating group) is 1. The molecular formula is C33H48N2O2. The SMILES string of the molecule is CCc1cc(C)cc(OC)c1C(C)/C=C(\C)C1(N(CC)C(C)=O)CCN(Cc2cc(C)cc(C)c2)CC1. The van der Waals surface area contributed by atoms with Crippen molar-refractivity contribution in [3.05, 3.63) is 75.4 Å². The first-order chi connectivity index (χ1) is 17.5. The van der Waals surface area contributed by atoms with Crippen LogP contribution in [0, 0.1) is 20.8 Å². The smallest absolute Gasteiger partial charge is 0.220 e. The van der Waals surface area contributed by atoms with Gasteiger partial charge in [-0.1, -0.05) is 60.9 Å². The summed E-state index contributed by atoms with van der Waals surface area (Å²) in [5.74, 6) is 1.32. The van der Waals surface area contributed by atoms with E-state index in [-0.39, 0.29) is 17.4 Å². The highest BCUT2D eigenvalue weighted by atomic mass is 16.5. The van der Waals surface area contributed by atoms with Crippen LogP contribution >= 0.6 is 0 Å². The minimum Gasteiger partial charge on any atom is -0.496 e. The number of hydrogen-bond donors (Lipinski definition) is 0. The molecule has 3 rings (SSSR count). The van der Waals surface area contributed by atoms with E-state index in [0.29, 0.717) is 0 Å². The first-order valence-electron chi connectivity index (χ1n) is 14.0. The number of aryl methyl sites for hydroxylation is 4. The molecule has 37 heavy (non-hydrogen) atoms. The lowest BCUT2D eigenvalue weighted by Gasteiger charge is -2.49. The molecule has 1 fully saturated rings. The summed E-state index contributed by atoms with van der Waals surface area (Å²) >= 11 is 0. The quantitative estimate of drug-likeness (QED) is 0.340. The van der Waals surface area contributed by atoms with Crippen molar-refractivity contribution < 1.29 is 9.53 Å². The molecule has 1 heterocycles. The van der Waals surface area contributed by atoms with Gasteiger partial charge in [0.05, 0.1) is 12.6 Å². The Balaban J connectivity index is 1.92.